The fourth-order valence-corrected chi connectivity index (χ4v) is 4.53. The van der Waals surface area contributed by atoms with Gasteiger partial charge in [0.15, 0.2) is 0 Å². The zero-order valence-electron chi connectivity index (χ0n) is 16.7. The highest BCUT2D eigenvalue weighted by atomic mass is 32.2. The summed E-state index contributed by atoms with van der Waals surface area (Å²) in [5.41, 5.74) is 4.48. The van der Waals surface area contributed by atoms with Crippen molar-refractivity contribution >= 4 is 26.7 Å². The van der Waals surface area contributed by atoms with E-state index < -0.39 is 10.0 Å². The summed E-state index contributed by atoms with van der Waals surface area (Å²) in [6.07, 6.45) is 2.69. The fourth-order valence-electron chi connectivity index (χ4n) is 3.33. The number of benzene rings is 3. The van der Waals surface area contributed by atoms with Crippen molar-refractivity contribution in [2.24, 2.45) is 0 Å². The van der Waals surface area contributed by atoms with Crippen molar-refractivity contribution in [3.63, 3.8) is 0 Å². The third kappa shape index (κ3) is 4.80. The van der Waals surface area contributed by atoms with E-state index in [4.69, 9.17) is 4.74 Å². The lowest BCUT2D eigenvalue weighted by Crippen LogP contribution is -2.15. The highest BCUT2D eigenvalue weighted by molar-refractivity contribution is 7.91. The van der Waals surface area contributed by atoms with Crippen LogP contribution in [0.4, 0.5) is 5.69 Å². The Morgan fingerprint density at radius 2 is 1.63 bits per heavy atom. The maximum atomic E-state index is 12.5. The van der Waals surface area contributed by atoms with Crippen LogP contribution >= 0.6 is 0 Å². The standard InChI is InChI=1S/C23H23N3O3S/c1-29-21-12-8-19(9-13-21)16-30(27,28)25-20-10-6-18(7-11-20)14-15-26-17-24-22-4-2-3-5-23(22)26/h2-13,17,25H,14-16H2,1H3. The van der Waals surface area contributed by atoms with Gasteiger partial charge in [0.25, 0.3) is 0 Å². The summed E-state index contributed by atoms with van der Waals surface area (Å²) in [6.45, 7) is 0.809. The van der Waals surface area contributed by atoms with Crippen LogP contribution in [0.2, 0.25) is 0 Å². The Bertz CT molecular complexity index is 1230. The monoisotopic (exact) mass is 421 g/mol. The number of para-hydroxylation sites is 2. The van der Waals surface area contributed by atoms with E-state index in [0.29, 0.717) is 17.0 Å². The van der Waals surface area contributed by atoms with E-state index in [2.05, 4.69) is 20.3 Å². The van der Waals surface area contributed by atoms with E-state index in [1.165, 1.54) is 0 Å². The molecule has 4 rings (SSSR count). The molecule has 0 fully saturated rings. The normalized spacial score (nSPS) is 11.5. The van der Waals surface area contributed by atoms with Gasteiger partial charge in [-0.3, -0.25) is 4.72 Å². The average molecular weight is 422 g/mol. The largest absolute Gasteiger partial charge is 0.497 e. The van der Waals surface area contributed by atoms with Crippen LogP contribution in [0.25, 0.3) is 11.0 Å². The predicted molar refractivity (Wildman–Crippen MR) is 119 cm³/mol. The van der Waals surface area contributed by atoms with E-state index in [0.717, 1.165) is 29.6 Å². The van der Waals surface area contributed by atoms with Gasteiger partial charge in [0.1, 0.15) is 5.75 Å². The van der Waals surface area contributed by atoms with Gasteiger partial charge in [0, 0.05) is 12.2 Å². The Kier molecular flexibility index (Phi) is 5.72. The molecule has 7 heteroatoms. The maximum absolute atomic E-state index is 12.5. The molecule has 30 heavy (non-hydrogen) atoms. The summed E-state index contributed by atoms with van der Waals surface area (Å²) in [6, 6.07) is 22.5. The molecule has 0 aliphatic heterocycles. The smallest absolute Gasteiger partial charge is 0.236 e. The number of nitrogens with zero attached hydrogens (tertiary/aromatic N) is 2. The number of aryl methyl sites for hydroxylation is 2. The van der Waals surface area contributed by atoms with E-state index >= 15 is 0 Å². The van der Waals surface area contributed by atoms with Crippen LogP contribution in [0.15, 0.2) is 79.1 Å². The van der Waals surface area contributed by atoms with Gasteiger partial charge in [-0.15, -0.1) is 0 Å². The van der Waals surface area contributed by atoms with Crippen molar-refractivity contribution in [1.82, 2.24) is 9.55 Å². The zero-order chi connectivity index (χ0) is 21.0. The minimum Gasteiger partial charge on any atom is -0.497 e. The number of nitrogens with one attached hydrogen (secondary N) is 1. The molecule has 4 aromatic rings. The third-order valence-corrected chi connectivity index (χ3v) is 6.17. The summed E-state index contributed by atoms with van der Waals surface area (Å²) in [4.78, 5) is 4.41. The lowest BCUT2D eigenvalue weighted by molar-refractivity contribution is 0.414. The van der Waals surface area contributed by atoms with Gasteiger partial charge in [0.05, 0.1) is 30.2 Å². The van der Waals surface area contributed by atoms with Gasteiger partial charge in [-0.1, -0.05) is 36.4 Å². The molecular formula is C23H23N3O3S. The van der Waals surface area contributed by atoms with Crippen molar-refractivity contribution in [3.8, 4) is 5.75 Å². The van der Waals surface area contributed by atoms with Gasteiger partial charge < -0.3 is 9.30 Å². The van der Waals surface area contributed by atoms with Gasteiger partial charge in [-0.25, -0.2) is 13.4 Å². The number of rotatable bonds is 8. The van der Waals surface area contributed by atoms with E-state index in [-0.39, 0.29) is 5.75 Å². The van der Waals surface area contributed by atoms with Gasteiger partial charge >= 0.3 is 0 Å². The second-order valence-electron chi connectivity index (χ2n) is 7.08. The Labute approximate surface area is 176 Å². The van der Waals surface area contributed by atoms with Crippen LogP contribution in [-0.4, -0.2) is 25.1 Å². The number of aromatic nitrogens is 2. The van der Waals surface area contributed by atoms with E-state index in [1.807, 2.05) is 36.7 Å². The van der Waals surface area contributed by atoms with Crippen molar-refractivity contribution in [2.45, 2.75) is 18.7 Å². The molecule has 0 atom stereocenters. The Balaban J connectivity index is 1.36. The third-order valence-electron chi connectivity index (χ3n) is 4.91. The molecule has 0 bridgehead atoms. The average Bonchev–Trinajstić information content (AvgIpc) is 3.16. The first kappa shape index (κ1) is 20.0. The number of ether oxygens (including phenoxy) is 1. The molecule has 154 valence electrons. The molecule has 1 N–H and O–H groups in total. The molecule has 0 aliphatic carbocycles. The zero-order valence-corrected chi connectivity index (χ0v) is 17.5. The van der Waals surface area contributed by atoms with Crippen LogP contribution in [0.1, 0.15) is 11.1 Å². The van der Waals surface area contributed by atoms with Gasteiger partial charge in [-0.2, -0.15) is 0 Å². The molecule has 0 spiro atoms. The molecular weight excluding hydrogens is 398 g/mol. The maximum Gasteiger partial charge on any atom is 0.236 e. The van der Waals surface area contributed by atoms with Crippen molar-refractivity contribution < 1.29 is 13.2 Å². The van der Waals surface area contributed by atoms with Crippen molar-refractivity contribution in [3.05, 3.63) is 90.3 Å². The summed E-state index contributed by atoms with van der Waals surface area (Å²) in [5.74, 6) is 0.607. The molecule has 1 aromatic heterocycles. The first-order valence-electron chi connectivity index (χ1n) is 9.65. The lowest BCUT2D eigenvalue weighted by atomic mass is 10.1. The van der Waals surface area contributed by atoms with Crippen molar-refractivity contribution in [2.75, 3.05) is 11.8 Å². The van der Waals surface area contributed by atoms with Gasteiger partial charge in [0.2, 0.25) is 10.0 Å². The van der Waals surface area contributed by atoms with E-state index in [1.54, 1.807) is 43.5 Å². The second-order valence-corrected chi connectivity index (χ2v) is 8.81. The number of hydrogen-bond acceptors (Lipinski definition) is 4. The molecule has 0 unspecified atom stereocenters. The molecule has 1 heterocycles. The summed E-state index contributed by atoms with van der Waals surface area (Å²) in [7, 11) is -1.92. The summed E-state index contributed by atoms with van der Waals surface area (Å²) < 4.78 is 34.8. The lowest BCUT2D eigenvalue weighted by Gasteiger charge is -2.10. The minimum atomic E-state index is -3.50. The second kappa shape index (κ2) is 8.59. The van der Waals surface area contributed by atoms with Crippen LogP contribution in [-0.2, 0) is 28.7 Å². The summed E-state index contributed by atoms with van der Waals surface area (Å²) >= 11 is 0. The molecule has 0 aliphatic rings. The molecule has 0 radical (unpaired) electrons. The number of hydrogen-bond donors (Lipinski definition) is 1. The number of fused-ring (bicyclic) bond motifs is 1. The Hall–Kier alpha value is -3.32. The first-order chi connectivity index (χ1) is 14.5. The van der Waals surface area contributed by atoms with Crippen LogP contribution in [0.5, 0.6) is 5.75 Å². The SMILES string of the molecule is COc1ccc(CS(=O)(=O)Nc2ccc(CCn3cnc4ccccc43)cc2)cc1. The van der Waals surface area contributed by atoms with Crippen LogP contribution in [0, 0.1) is 0 Å². The molecule has 6 nitrogen and oxygen atoms in total. The fraction of sp³-hybridized carbons (Fsp3) is 0.174. The Morgan fingerprint density at radius 1 is 0.933 bits per heavy atom. The van der Waals surface area contributed by atoms with Crippen LogP contribution < -0.4 is 9.46 Å². The van der Waals surface area contributed by atoms with Crippen LogP contribution in [0.3, 0.4) is 0 Å². The highest BCUT2D eigenvalue weighted by Gasteiger charge is 2.12. The van der Waals surface area contributed by atoms with Gasteiger partial charge in [-0.05, 0) is 53.9 Å². The number of anilines is 1. The molecule has 0 amide bonds. The highest BCUT2D eigenvalue weighted by Crippen LogP contribution is 2.18. The minimum absolute atomic E-state index is 0.0908. The number of imidazole rings is 1. The predicted octanol–water partition coefficient (Wildman–Crippen LogP) is 4.23. The molecule has 0 saturated carbocycles. The topological polar surface area (TPSA) is 73.2 Å². The van der Waals surface area contributed by atoms with Crippen molar-refractivity contribution in [1.29, 1.82) is 0 Å². The molecule has 0 saturated heterocycles. The first-order valence-corrected chi connectivity index (χ1v) is 11.3. The van der Waals surface area contributed by atoms with E-state index in [9.17, 15) is 8.42 Å². The number of sulfonamides is 1. The summed E-state index contributed by atoms with van der Waals surface area (Å²) in [5, 5.41) is 0. The number of methoxy groups -OCH3 is 1. The Morgan fingerprint density at radius 3 is 2.37 bits per heavy atom. The molecule has 3 aromatic carbocycles. The quantitative estimate of drug-likeness (QED) is 0.462.